The van der Waals surface area contributed by atoms with E-state index in [0.29, 0.717) is 12.1 Å². The molecular formula is C17H22N4OS. The van der Waals surface area contributed by atoms with E-state index in [4.69, 9.17) is 0 Å². The molecule has 0 spiro atoms. The molecule has 2 aromatic rings. The molecular weight excluding hydrogens is 308 g/mol. The average molecular weight is 330 g/mol. The number of hydrogen-bond donors (Lipinski definition) is 2. The second-order valence-corrected chi connectivity index (χ2v) is 6.54. The molecule has 6 heteroatoms. The van der Waals surface area contributed by atoms with Crippen LogP contribution in [-0.2, 0) is 6.54 Å². The van der Waals surface area contributed by atoms with Gasteiger partial charge in [0.05, 0.1) is 11.3 Å². The van der Waals surface area contributed by atoms with E-state index in [1.54, 1.807) is 7.05 Å². The van der Waals surface area contributed by atoms with Crippen molar-refractivity contribution in [3.05, 3.63) is 41.1 Å². The van der Waals surface area contributed by atoms with Gasteiger partial charge in [-0.15, -0.1) is 0 Å². The van der Waals surface area contributed by atoms with E-state index >= 15 is 0 Å². The molecule has 1 aliphatic heterocycles. The molecule has 0 radical (unpaired) electrons. The van der Waals surface area contributed by atoms with Crippen LogP contribution in [0, 0.1) is 6.92 Å². The molecule has 122 valence electrons. The molecule has 2 heterocycles. The minimum Gasteiger partial charge on any atom is -0.378 e. The SMILES string of the molecule is CNc1snc(C)c1C(=O)NCc1ccc(N2CCCC2)cc1. The van der Waals surface area contributed by atoms with E-state index in [0.717, 1.165) is 29.3 Å². The fraction of sp³-hybridized carbons (Fsp3) is 0.412. The van der Waals surface area contributed by atoms with E-state index in [1.165, 1.54) is 30.1 Å². The van der Waals surface area contributed by atoms with Gasteiger partial charge in [-0.2, -0.15) is 4.37 Å². The van der Waals surface area contributed by atoms with Gasteiger partial charge in [-0.1, -0.05) is 12.1 Å². The van der Waals surface area contributed by atoms with Gasteiger partial charge in [-0.05, 0) is 49.0 Å². The number of anilines is 2. The summed E-state index contributed by atoms with van der Waals surface area (Å²) in [6, 6.07) is 8.46. The van der Waals surface area contributed by atoms with Crippen molar-refractivity contribution in [2.75, 3.05) is 30.4 Å². The van der Waals surface area contributed by atoms with Crippen LogP contribution in [0.25, 0.3) is 0 Å². The molecule has 0 atom stereocenters. The van der Waals surface area contributed by atoms with Crippen LogP contribution in [0.2, 0.25) is 0 Å². The summed E-state index contributed by atoms with van der Waals surface area (Å²) in [4.78, 5) is 14.8. The van der Waals surface area contributed by atoms with Crippen molar-refractivity contribution in [2.45, 2.75) is 26.3 Å². The summed E-state index contributed by atoms with van der Waals surface area (Å²) in [5.41, 5.74) is 3.79. The van der Waals surface area contributed by atoms with E-state index in [9.17, 15) is 4.79 Å². The van der Waals surface area contributed by atoms with Crippen molar-refractivity contribution in [1.82, 2.24) is 9.69 Å². The van der Waals surface area contributed by atoms with Crippen LogP contribution in [0.3, 0.4) is 0 Å². The van der Waals surface area contributed by atoms with E-state index in [-0.39, 0.29) is 5.91 Å². The number of hydrogen-bond acceptors (Lipinski definition) is 5. The third-order valence-electron chi connectivity index (χ3n) is 4.18. The van der Waals surface area contributed by atoms with Gasteiger partial charge in [-0.3, -0.25) is 4.79 Å². The van der Waals surface area contributed by atoms with Crippen molar-refractivity contribution >= 4 is 28.1 Å². The van der Waals surface area contributed by atoms with Gasteiger partial charge in [0.15, 0.2) is 0 Å². The van der Waals surface area contributed by atoms with Crippen molar-refractivity contribution < 1.29 is 4.79 Å². The quantitative estimate of drug-likeness (QED) is 0.885. The highest BCUT2D eigenvalue weighted by molar-refractivity contribution is 7.10. The number of aryl methyl sites for hydroxylation is 1. The summed E-state index contributed by atoms with van der Waals surface area (Å²) in [7, 11) is 1.81. The Morgan fingerprint density at radius 3 is 2.61 bits per heavy atom. The second kappa shape index (κ2) is 7.00. The first-order valence-corrected chi connectivity index (χ1v) is 8.72. The molecule has 3 rings (SSSR count). The predicted octanol–water partition coefficient (Wildman–Crippen LogP) is 3.02. The van der Waals surface area contributed by atoms with Crippen molar-refractivity contribution in [3.63, 3.8) is 0 Å². The molecule has 1 aliphatic rings. The zero-order valence-electron chi connectivity index (χ0n) is 13.6. The van der Waals surface area contributed by atoms with Gasteiger partial charge in [0.25, 0.3) is 5.91 Å². The van der Waals surface area contributed by atoms with Gasteiger partial charge in [0.1, 0.15) is 5.00 Å². The molecule has 1 saturated heterocycles. The monoisotopic (exact) mass is 330 g/mol. The Labute approximate surface area is 140 Å². The predicted molar refractivity (Wildman–Crippen MR) is 95.5 cm³/mol. The minimum absolute atomic E-state index is 0.0794. The highest BCUT2D eigenvalue weighted by Gasteiger charge is 2.17. The zero-order valence-corrected chi connectivity index (χ0v) is 14.4. The number of carbonyl (C=O) groups is 1. The first-order valence-electron chi connectivity index (χ1n) is 7.95. The number of aromatic nitrogens is 1. The topological polar surface area (TPSA) is 57.3 Å². The Kier molecular flexibility index (Phi) is 4.81. The Morgan fingerprint density at radius 1 is 1.26 bits per heavy atom. The molecule has 0 unspecified atom stereocenters. The molecule has 1 aromatic heterocycles. The molecule has 5 nitrogen and oxygen atoms in total. The molecule has 2 N–H and O–H groups in total. The van der Waals surface area contributed by atoms with Gasteiger partial charge in [0.2, 0.25) is 0 Å². The summed E-state index contributed by atoms with van der Waals surface area (Å²) in [5.74, 6) is -0.0794. The summed E-state index contributed by atoms with van der Waals surface area (Å²) in [6.07, 6.45) is 2.55. The van der Waals surface area contributed by atoms with E-state index in [2.05, 4.69) is 44.2 Å². The standard InChI is InChI=1S/C17H22N4OS/c1-12-15(17(18-2)23-20-12)16(22)19-11-13-5-7-14(8-6-13)21-9-3-4-10-21/h5-8,18H,3-4,9-11H2,1-2H3,(H,19,22). The molecule has 1 amide bonds. The fourth-order valence-electron chi connectivity index (χ4n) is 2.88. The maximum Gasteiger partial charge on any atom is 0.256 e. The Morgan fingerprint density at radius 2 is 1.96 bits per heavy atom. The Bertz CT molecular complexity index is 674. The third-order valence-corrected chi connectivity index (χ3v) is 5.13. The van der Waals surface area contributed by atoms with Crippen LogP contribution in [0.5, 0.6) is 0 Å². The van der Waals surface area contributed by atoms with Gasteiger partial charge in [-0.25, -0.2) is 0 Å². The molecule has 1 aromatic carbocycles. The summed E-state index contributed by atoms with van der Waals surface area (Å²) in [6.45, 7) is 4.68. The van der Waals surface area contributed by atoms with Crippen molar-refractivity contribution in [2.24, 2.45) is 0 Å². The lowest BCUT2D eigenvalue weighted by molar-refractivity contribution is 0.0951. The van der Waals surface area contributed by atoms with Crippen molar-refractivity contribution in [1.29, 1.82) is 0 Å². The highest BCUT2D eigenvalue weighted by atomic mass is 32.1. The number of rotatable bonds is 5. The molecule has 0 saturated carbocycles. The smallest absolute Gasteiger partial charge is 0.256 e. The Hall–Kier alpha value is -2.08. The van der Waals surface area contributed by atoms with Crippen LogP contribution in [0.4, 0.5) is 10.7 Å². The number of nitrogens with zero attached hydrogens (tertiary/aromatic N) is 2. The van der Waals surface area contributed by atoms with Crippen LogP contribution in [0.1, 0.15) is 34.5 Å². The minimum atomic E-state index is -0.0794. The molecule has 0 bridgehead atoms. The first-order chi connectivity index (χ1) is 11.2. The van der Waals surface area contributed by atoms with Gasteiger partial charge >= 0.3 is 0 Å². The largest absolute Gasteiger partial charge is 0.378 e. The normalized spacial score (nSPS) is 14.1. The van der Waals surface area contributed by atoms with Gasteiger partial charge in [0, 0.05) is 32.4 Å². The van der Waals surface area contributed by atoms with Gasteiger partial charge < -0.3 is 15.5 Å². The van der Waals surface area contributed by atoms with E-state index in [1.807, 2.05) is 6.92 Å². The summed E-state index contributed by atoms with van der Waals surface area (Å²) < 4.78 is 4.23. The van der Waals surface area contributed by atoms with Crippen LogP contribution < -0.4 is 15.5 Å². The molecule has 23 heavy (non-hydrogen) atoms. The first kappa shape index (κ1) is 15.8. The number of carbonyl (C=O) groups excluding carboxylic acids is 1. The van der Waals surface area contributed by atoms with Crippen LogP contribution in [0.15, 0.2) is 24.3 Å². The summed E-state index contributed by atoms with van der Waals surface area (Å²) in [5, 5.41) is 6.81. The summed E-state index contributed by atoms with van der Waals surface area (Å²) >= 11 is 1.31. The zero-order chi connectivity index (χ0) is 16.2. The number of amides is 1. The maximum atomic E-state index is 12.4. The lowest BCUT2D eigenvalue weighted by Crippen LogP contribution is -2.24. The molecule has 0 aliphatic carbocycles. The fourth-order valence-corrected chi connectivity index (χ4v) is 3.62. The average Bonchev–Trinajstić information content (AvgIpc) is 3.22. The number of nitrogens with one attached hydrogen (secondary N) is 2. The third kappa shape index (κ3) is 3.47. The Balaban J connectivity index is 1.61. The van der Waals surface area contributed by atoms with Crippen LogP contribution in [-0.4, -0.2) is 30.4 Å². The van der Waals surface area contributed by atoms with Crippen LogP contribution >= 0.6 is 11.5 Å². The van der Waals surface area contributed by atoms with E-state index < -0.39 is 0 Å². The van der Waals surface area contributed by atoms with Crippen molar-refractivity contribution in [3.8, 4) is 0 Å². The second-order valence-electron chi connectivity index (χ2n) is 5.77. The number of benzene rings is 1. The highest BCUT2D eigenvalue weighted by Crippen LogP contribution is 2.24. The maximum absolute atomic E-state index is 12.4. The lowest BCUT2D eigenvalue weighted by atomic mass is 10.2. The molecule has 1 fully saturated rings. The lowest BCUT2D eigenvalue weighted by Gasteiger charge is -2.17.